The van der Waals surface area contributed by atoms with E-state index in [2.05, 4.69) is 4.72 Å². The van der Waals surface area contributed by atoms with Crippen LogP contribution in [0.4, 0.5) is 0 Å². The van der Waals surface area contributed by atoms with Crippen molar-refractivity contribution >= 4 is 10.0 Å². The van der Waals surface area contributed by atoms with Crippen LogP contribution in [0, 0.1) is 6.92 Å². The topological polar surface area (TPSA) is 46.2 Å². The molecule has 1 aromatic carbocycles. The zero-order valence-electron chi connectivity index (χ0n) is 9.32. The summed E-state index contributed by atoms with van der Waals surface area (Å²) in [7, 11) is -3.13. The van der Waals surface area contributed by atoms with Crippen molar-refractivity contribution in [2.24, 2.45) is 0 Å². The second kappa shape index (κ2) is 4.77. The van der Waals surface area contributed by atoms with Gasteiger partial charge in [0.05, 0.1) is 5.75 Å². The van der Waals surface area contributed by atoms with Gasteiger partial charge in [-0.15, -0.1) is 0 Å². The number of hydrogen-bond donors (Lipinski definition) is 1. The highest BCUT2D eigenvalue weighted by atomic mass is 32.2. The number of aryl methyl sites for hydroxylation is 1. The van der Waals surface area contributed by atoms with E-state index >= 15 is 0 Å². The third kappa shape index (κ3) is 3.64. The van der Waals surface area contributed by atoms with Crippen LogP contribution >= 0.6 is 0 Å². The van der Waals surface area contributed by atoms with Gasteiger partial charge in [0.15, 0.2) is 0 Å². The Bertz CT molecular complexity index is 426. The van der Waals surface area contributed by atoms with Gasteiger partial charge in [-0.3, -0.25) is 0 Å². The smallest absolute Gasteiger partial charge is 0.211 e. The Morgan fingerprint density at radius 2 is 2.07 bits per heavy atom. The second-order valence-electron chi connectivity index (χ2n) is 3.66. The molecule has 1 rings (SSSR count). The van der Waals surface area contributed by atoms with E-state index in [0.29, 0.717) is 0 Å². The molecule has 15 heavy (non-hydrogen) atoms. The maximum Gasteiger partial charge on any atom is 0.211 e. The fraction of sp³-hybridized carbons (Fsp3) is 0.455. The molecule has 0 saturated heterocycles. The third-order valence-electron chi connectivity index (χ3n) is 2.28. The molecule has 0 aliphatic rings. The third-order valence-corrected chi connectivity index (χ3v) is 3.75. The van der Waals surface area contributed by atoms with Crippen molar-refractivity contribution in [2.45, 2.75) is 26.8 Å². The summed E-state index contributed by atoms with van der Waals surface area (Å²) in [6, 6.07) is 7.67. The van der Waals surface area contributed by atoms with Crippen LogP contribution in [0.5, 0.6) is 0 Å². The molecule has 84 valence electrons. The molecular weight excluding hydrogens is 210 g/mol. The first kappa shape index (κ1) is 12.2. The lowest BCUT2D eigenvalue weighted by molar-refractivity contribution is 0.568. The highest BCUT2D eigenvalue weighted by Crippen LogP contribution is 2.14. The van der Waals surface area contributed by atoms with Gasteiger partial charge in [0.2, 0.25) is 10.0 Å². The van der Waals surface area contributed by atoms with Crippen molar-refractivity contribution in [3.63, 3.8) is 0 Å². The number of rotatable bonds is 4. The van der Waals surface area contributed by atoms with Gasteiger partial charge in [-0.05, 0) is 26.3 Å². The maximum atomic E-state index is 11.4. The molecule has 0 fully saturated rings. The number of sulfonamides is 1. The lowest BCUT2D eigenvalue weighted by Crippen LogP contribution is -2.28. The van der Waals surface area contributed by atoms with E-state index < -0.39 is 10.0 Å². The summed E-state index contributed by atoms with van der Waals surface area (Å²) < 4.78 is 25.3. The first-order valence-corrected chi connectivity index (χ1v) is 6.66. The Balaban J connectivity index is 2.82. The van der Waals surface area contributed by atoms with Gasteiger partial charge in [-0.2, -0.15) is 0 Å². The van der Waals surface area contributed by atoms with Gasteiger partial charge in [-0.1, -0.05) is 29.8 Å². The van der Waals surface area contributed by atoms with E-state index in [4.69, 9.17) is 0 Å². The van der Waals surface area contributed by atoms with Crippen LogP contribution in [0.15, 0.2) is 24.3 Å². The standard InChI is InChI=1S/C11H17NO2S/c1-4-15(13,14)12-10(3)11-7-5-6-9(2)8-11/h5-8,10,12H,4H2,1-3H3/t10-/m0/s1. The summed E-state index contributed by atoms with van der Waals surface area (Å²) in [5.41, 5.74) is 2.13. The minimum Gasteiger partial charge on any atom is -0.212 e. The van der Waals surface area contributed by atoms with Crippen LogP contribution in [0.25, 0.3) is 0 Å². The highest BCUT2D eigenvalue weighted by Gasteiger charge is 2.13. The average molecular weight is 227 g/mol. The molecule has 1 atom stereocenters. The highest BCUT2D eigenvalue weighted by molar-refractivity contribution is 7.89. The Labute approximate surface area is 91.6 Å². The van der Waals surface area contributed by atoms with Crippen molar-refractivity contribution in [1.82, 2.24) is 4.72 Å². The summed E-state index contributed by atoms with van der Waals surface area (Å²) in [4.78, 5) is 0. The molecule has 4 heteroatoms. The van der Waals surface area contributed by atoms with Crippen molar-refractivity contribution < 1.29 is 8.42 Å². The van der Waals surface area contributed by atoms with Gasteiger partial charge < -0.3 is 0 Å². The van der Waals surface area contributed by atoms with Gasteiger partial charge in [0, 0.05) is 6.04 Å². The summed E-state index contributed by atoms with van der Waals surface area (Å²) in [5.74, 6) is 0.114. The Hall–Kier alpha value is -0.870. The first-order chi connectivity index (χ1) is 6.94. The van der Waals surface area contributed by atoms with Crippen LogP contribution in [-0.4, -0.2) is 14.2 Å². The van der Waals surface area contributed by atoms with Crippen molar-refractivity contribution in [3.05, 3.63) is 35.4 Å². The lowest BCUT2D eigenvalue weighted by atomic mass is 10.1. The Kier molecular flexibility index (Phi) is 3.88. The van der Waals surface area contributed by atoms with Gasteiger partial charge in [0.1, 0.15) is 0 Å². The predicted molar refractivity (Wildman–Crippen MR) is 62.2 cm³/mol. The largest absolute Gasteiger partial charge is 0.212 e. The molecule has 0 amide bonds. The molecule has 0 radical (unpaired) electrons. The molecule has 0 saturated carbocycles. The van der Waals surface area contributed by atoms with Gasteiger partial charge in [-0.25, -0.2) is 13.1 Å². The van der Waals surface area contributed by atoms with E-state index in [1.165, 1.54) is 0 Å². The van der Waals surface area contributed by atoms with Crippen LogP contribution < -0.4 is 4.72 Å². The summed E-state index contributed by atoms with van der Waals surface area (Å²) in [5, 5.41) is 0. The zero-order valence-corrected chi connectivity index (χ0v) is 10.1. The van der Waals surface area contributed by atoms with Crippen LogP contribution in [-0.2, 0) is 10.0 Å². The van der Waals surface area contributed by atoms with Crippen molar-refractivity contribution in [3.8, 4) is 0 Å². The van der Waals surface area contributed by atoms with E-state index in [0.717, 1.165) is 11.1 Å². The number of benzene rings is 1. The fourth-order valence-corrected chi connectivity index (χ4v) is 2.20. The monoisotopic (exact) mass is 227 g/mol. The molecule has 3 nitrogen and oxygen atoms in total. The Morgan fingerprint density at radius 1 is 1.40 bits per heavy atom. The van der Waals surface area contributed by atoms with Gasteiger partial charge in [0.25, 0.3) is 0 Å². The van der Waals surface area contributed by atoms with Crippen LogP contribution in [0.1, 0.15) is 31.0 Å². The molecular formula is C11H17NO2S. The van der Waals surface area contributed by atoms with Crippen LogP contribution in [0.3, 0.4) is 0 Å². The summed E-state index contributed by atoms with van der Waals surface area (Å²) in [6.45, 7) is 5.47. The van der Waals surface area contributed by atoms with E-state index in [1.54, 1.807) is 6.92 Å². The number of hydrogen-bond acceptors (Lipinski definition) is 2. The molecule has 1 aromatic rings. The van der Waals surface area contributed by atoms with E-state index in [1.807, 2.05) is 38.1 Å². The van der Waals surface area contributed by atoms with E-state index in [9.17, 15) is 8.42 Å². The average Bonchev–Trinajstić information content (AvgIpc) is 2.17. The molecule has 0 unspecified atom stereocenters. The SMILES string of the molecule is CCS(=O)(=O)N[C@@H](C)c1cccc(C)c1. The van der Waals surface area contributed by atoms with Crippen molar-refractivity contribution in [2.75, 3.05) is 5.75 Å². The lowest BCUT2D eigenvalue weighted by Gasteiger charge is -2.14. The maximum absolute atomic E-state index is 11.4. The quantitative estimate of drug-likeness (QED) is 0.855. The number of nitrogens with one attached hydrogen (secondary N) is 1. The molecule has 1 N–H and O–H groups in total. The second-order valence-corrected chi connectivity index (χ2v) is 5.70. The normalized spacial score (nSPS) is 13.8. The molecule has 0 aliphatic heterocycles. The molecule has 0 heterocycles. The fourth-order valence-electron chi connectivity index (χ4n) is 1.36. The predicted octanol–water partition coefficient (Wildman–Crippen LogP) is 2.00. The summed E-state index contributed by atoms with van der Waals surface area (Å²) >= 11 is 0. The minimum absolute atomic E-state index is 0.114. The Morgan fingerprint density at radius 3 is 2.60 bits per heavy atom. The van der Waals surface area contributed by atoms with Crippen LogP contribution in [0.2, 0.25) is 0 Å². The summed E-state index contributed by atoms with van der Waals surface area (Å²) in [6.07, 6.45) is 0. The molecule has 0 aromatic heterocycles. The zero-order chi connectivity index (χ0) is 11.5. The molecule has 0 bridgehead atoms. The molecule has 0 spiro atoms. The van der Waals surface area contributed by atoms with E-state index in [-0.39, 0.29) is 11.8 Å². The first-order valence-electron chi connectivity index (χ1n) is 5.01. The minimum atomic E-state index is -3.13. The molecule has 0 aliphatic carbocycles. The van der Waals surface area contributed by atoms with Crippen molar-refractivity contribution in [1.29, 1.82) is 0 Å². The van der Waals surface area contributed by atoms with Gasteiger partial charge >= 0.3 is 0 Å².